The minimum Gasteiger partial charge on any atom is -0.497 e. The number of methoxy groups -OCH3 is 2. The summed E-state index contributed by atoms with van der Waals surface area (Å²) < 4.78 is 10.6. The van der Waals surface area contributed by atoms with Gasteiger partial charge in [0.05, 0.1) is 31.7 Å². The van der Waals surface area contributed by atoms with Crippen LogP contribution in [0.25, 0.3) is 11.3 Å². The lowest BCUT2D eigenvalue weighted by atomic mass is 10.0. The third-order valence-electron chi connectivity index (χ3n) is 5.28. The number of hydrogen-bond acceptors (Lipinski definition) is 7. The molecule has 0 fully saturated rings. The molecular formula is C24H21N3O2S2. The van der Waals surface area contributed by atoms with Gasteiger partial charge in [-0.1, -0.05) is 6.07 Å². The molecule has 4 aromatic rings. The molecule has 1 unspecified atom stereocenters. The Morgan fingerprint density at radius 2 is 1.55 bits per heavy atom. The molecule has 0 spiro atoms. The van der Waals surface area contributed by atoms with Crippen LogP contribution in [0.4, 0.5) is 5.13 Å². The second-order valence-corrected chi connectivity index (χ2v) is 8.91. The van der Waals surface area contributed by atoms with Crippen LogP contribution >= 0.6 is 22.7 Å². The number of anilines is 1. The second kappa shape index (κ2) is 8.53. The number of ether oxygens (including phenoxy) is 2. The van der Waals surface area contributed by atoms with Crippen LogP contribution in [0.15, 0.2) is 76.5 Å². The van der Waals surface area contributed by atoms with E-state index in [9.17, 15) is 0 Å². The first-order chi connectivity index (χ1) is 15.2. The normalized spacial score (nSPS) is 15.7. The Morgan fingerprint density at radius 1 is 0.871 bits per heavy atom. The molecule has 5 nitrogen and oxygen atoms in total. The van der Waals surface area contributed by atoms with E-state index < -0.39 is 0 Å². The third kappa shape index (κ3) is 3.94. The number of aromatic nitrogens is 1. The van der Waals surface area contributed by atoms with Crippen molar-refractivity contribution in [3.05, 3.63) is 81.9 Å². The Balaban J connectivity index is 1.48. The Bertz CT molecular complexity index is 1180. The maximum atomic E-state index is 5.30. The van der Waals surface area contributed by atoms with Crippen molar-refractivity contribution < 1.29 is 9.47 Å². The summed E-state index contributed by atoms with van der Waals surface area (Å²) in [7, 11) is 3.35. The minimum atomic E-state index is 0.145. The molecule has 0 bridgehead atoms. The molecule has 0 amide bonds. The molecule has 2 aromatic carbocycles. The first kappa shape index (κ1) is 19.8. The Labute approximate surface area is 189 Å². The van der Waals surface area contributed by atoms with Crippen LogP contribution in [0.5, 0.6) is 11.5 Å². The van der Waals surface area contributed by atoms with Gasteiger partial charge >= 0.3 is 0 Å². The van der Waals surface area contributed by atoms with Crippen molar-refractivity contribution in [1.29, 1.82) is 0 Å². The summed E-state index contributed by atoms with van der Waals surface area (Å²) in [5.74, 6) is 1.68. The molecule has 0 N–H and O–H groups in total. The van der Waals surface area contributed by atoms with Gasteiger partial charge in [-0.15, -0.1) is 22.7 Å². The molecule has 0 saturated carbocycles. The smallest absolute Gasteiger partial charge is 0.207 e. The van der Waals surface area contributed by atoms with Crippen LogP contribution in [0.1, 0.15) is 22.9 Å². The van der Waals surface area contributed by atoms with Gasteiger partial charge in [-0.25, -0.2) is 9.99 Å². The third-order valence-corrected chi connectivity index (χ3v) is 7.08. The maximum Gasteiger partial charge on any atom is 0.207 e. The van der Waals surface area contributed by atoms with Crippen LogP contribution in [-0.2, 0) is 0 Å². The monoisotopic (exact) mass is 447 g/mol. The predicted molar refractivity (Wildman–Crippen MR) is 128 cm³/mol. The number of hydrazone groups is 1. The van der Waals surface area contributed by atoms with Gasteiger partial charge in [-0.2, -0.15) is 5.10 Å². The molecule has 0 saturated heterocycles. The molecule has 1 aliphatic rings. The average Bonchev–Trinajstić information content (AvgIpc) is 3.59. The summed E-state index contributed by atoms with van der Waals surface area (Å²) >= 11 is 3.37. The fourth-order valence-electron chi connectivity index (χ4n) is 3.61. The Kier molecular flexibility index (Phi) is 5.44. The summed E-state index contributed by atoms with van der Waals surface area (Å²) in [5, 5.41) is 12.2. The van der Waals surface area contributed by atoms with Crippen LogP contribution in [-0.4, -0.2) is 24.9 Å². The summed E-state index contributed by atoms with van der Waals surface area (Å²) in [6, 6.07) is 20.5. The standard InChI is InChI=1S/C24H21N3O2S2/c1-28-18-9-5-16(6-10-18)20-14-22(23-4-3-13-30-23)27(26-20)24-25-21(15-31-24)17-7-11-19(29-2)12-8-17/h3-13,15,22H,14H2,1-2H3. The van der Waals surface area contributed by atoms with E-state index in [0.29, 0.717) is 0 Å². The predicted octanol–water partition coefficient (Wildman–Crippen LogP) is 6.24. The molecule has 0 aliphatic carbocycles. The van der Waals surface area contributed by atoms with Gasteiger partial charge in [0.2, 0.25) is 5.13 Å². The quantitative estimate of drug-likeness (QED) is 0.351. The summed E-state index contributed by atoms with van der Waals surface area (Å²) in [5.41, 5.74) is 4.18. The lowest BCUT2D eigenvalue weighted by Gasteiger charge is -2.19. The molecule has 3 heterocycles. The van der Waals surface area contributed by atoms with E-state index >= 15 is 0 Å². The van der Waals surface area contributed by atoms with Crippen molar-refractivity contribution in [2.75, 3.05) is 19.2 Å². The second-order valence-electron chi connectivity index (χ2n) is 7.10. The van der Waals surface area contributed by atoms with Crippen molar-refractivity contribution in [2.45, 2.75) is 12.5 Å². The Hall–Kier alpha value is -3.16. The van der Waals surface area contributed by atoms with E-state index in [1.165, 1.54) is 4.88 Å². The van der Waals surface area contributed by atoms with Crippen LogP contribution in [0.3, 0.4) is 0 Å². The van der Waals surface area contributed by atoms with Gasteiger partial charge in [0, 0.05) is 22.2 Å². The highest BCUT2D eigenvalue weighted by atomic mass is 32.1. The summed E-state index contributed by atoms with van der Waals surface area (Å²) in [6.45, 7) is 0. The van der Waals surface area contributed by atoms with E-state index in [4.69, 9.17) is 19.6 Å². The van der Waals surface area contributed by atoms with E-state index in [0.717, 1.165) is 45.6 Å². The minimum absolute atomic E-state index is 0.145. The highest BCUT2D eigenvalue weighted by Gasteiger charge is 2.32. The molecule has 156 valence electrons. The number of rotatable bonds is 6. The molecule has 0 radical (unpaired) electrons. The first-order valence-electron chi connectivity index (χ1n) is 9.89. The van der Waals surface area contributed by atoms with Gasteiger partial charge < -0.3 is 9.47 Å². The van der Waals surface area contributed by atoms with Crippen molar-refractivity contribution in [3.63, 3.8) is 0 Å². The van der Waals surface area contributed by atoms with Crippen molar-refractivity contribution in [3.8, 4) is 22.8 Å². The molecule has 31 heavy (non-hydrogen) atoms. The maximum absolute atomic E-state index is 5.30. The lowest BCUT2D eigenvalue weighted by molar-refractivity contribution is 0.414. The van der Waals surface area contributed by atoms with E-state index in [2.05, 4.69) is 40.0 Å². The number of nitrogens with zero attached hydrogens (tertiary/aromatic N) is 3. The first-order valence-corrected chi connectivity index (χ1v) is 11.7. The fourth-order valence-corrected chi connectivity index (χ4v) is 5.26. The van der Waals surface area contributed by atoms with E-state index in [1.54, 1.807) is 36.9 Å². The van der Waals surface area contributed by atoms with Gasteiger partial charge in [0.15, 0.2) is 0 Å². The summed E-state index contributed by atoms with van der Waals surface area (Å²) in [4.78, 5) is 6.20. The van der Waals surface area contributed by atoms with Crippen molar-refractivity contribution >= 4 is 33.5 Å². The number of thiophene rings is 1. The van der Waals surface area contributed by atoms with E-state index in [-0.39, 0.29) is 6.04 Å². The van der Waals surface area contributed by atoms with Gasteiger partial charge in [-0.05, 0) is 65.5 Å². The van der Waals surface area contributed by atoms with Crippen LogP contribution in [0.2, 0.25) is 0 Å². The highest BCUT2D eigenvalue weighted by Crippen LogP contribution is 2.40. The highest BCUT2D eigenvalue weighted by molar-refractivity contribution is 7.14. The van der Waals surface area contributed by atoms with Gasteiger partial charge in [-0.3, -0.25) is 0 Å². The number of hydrogen-bond donors (Lipinski definition) is 0. The van der Waals surface area contributed by atoms with E-state index in [1.807, 2.05) is 36.4 Å². The van der Waals surface area contributed by atoms with Gasteiger partial charge in [0.25, 0.3) is 0 Å². The molecule has 5 rings (SSSR count). The zero-order valence-electron chi connectivity index (χ0n) is 17.2. The molecular weight excluding hydrogens is 426 g/mol. The van der Waals surface area contributed by atoms with Crippen LogP contribution < -0.4 is 14.5 Å². The van der Waals surface area contributed by atoms with Gasteiger partial charge in [0.1, 0.15) is 11.5 Å². The number of benzene rings is 2. The molecule has 1 aliphatic heterocycles. The fraction of sp³-hybridized carbons (Fsp3) is 0.167. The largest absolute Gasteiger partial charge is 0.497 e. The molecule has 1 atom stereocenters. The zero-order valence-corrected chi connectivity index (χ0v) is 18.8. The van der Waals surface area contributed by atoms with Crippen molar-refractivity contribution in [1.82, 2.24) is 4.98 Å². The summed E-state index contributed by atoms with van der Waals surface area (Å²) in [6.07, 6.45) is 0.838. The molecule has 2 aromatic heterocycles. The van der Waals surface area contributed by atoms with Crippen molar-refractivity contribution in [2.24, 2.45) is 5.10 Å². The SMILES string of the molecule is COc1ccc(C2=NN(c3nc(-c4ccc(OC)cc4)cs3)C(c3cccs3)C2)cc1. The average molecular weight is 448 g/mol. The lowest BCUT2D eigenvalue weighted by Crippen LogP contribution is -2.17. The van der Waals surface area contributed by atoms with Crippen LogP contribution in [0, 0.1) is 0 Å². The molecule has 7 heteroatoms. The number of thiazole rings is 1. The zero-order chi connectivity index (χ0) is 21.2. The Morgan fingerprint density at radius 3 is 2.16 bits per heavy atom. The topological polar surface area (TPSA) is 47.0 Å².